The van der Waals surface area contributed by atoms with E-state index in [9.17, 15) is 9.59 Å². The topological polar surface area (TPSA) is 82.4 Å². The van der Waals surface area contributed by atoms with Gasteiger partial charge in [0, 0.05) is 19.2 Å². The highest BCUT2D eigenvalue weighted by Gasteiger charge is 2.28. The van der Waals surface area contributed by atoms with Crippen LogP contribution in [0.2, 0.25) is 0 Å². The van der Waals surface area contributed by atoms with Crippen LogP contribution in [0.3, 0.4) is 0 Å². The highest BCUT2D eigenvalue weighted by atomic mass is 16.6. The first kappa shape index (κ1) is 13.9. The summed E-state index contributed by atoms with van der Waals surface area (Å²) in [5, 5.41) is 11.5. The maximum atomic E-state index is 11.8. The maximum Gasteiger partial charge on any atom is 0.409 e. The summed E-state index contributed by atoms with van der Waals surface area (Å²) in [6, 6.07) is 8.73. The number of amides is 2. The second-order valence-corrected chi connectivity index (χ2v) is 4.67. The summed E-state index contributed by atoms with van der Waals surface area (Å²) in [6.07, 6.45) is 0.170. The van der Waals surface area contributed by atoms with Crippen LogP contribution in [0.25, 0.3) is 0 Å². The van der Waals surface area contributed by atoms with E-state index in [0.29, 0.717) is 24.2 Å². The largest absolute Gasteiger partial charge is 0.444 e. The number of hydrogen-bond acceptors (Lipinski definition) is 4. The molecule has 20 heavy (non-hydrogen) atoms. The average molecular weight is 273 g/mol. The highest BCUT2D eigenvalue weighted by molar-refractivity contribution is 5.90. The highest BCUT2D eigenvalue weighted by Crippen LogP contribution is 2.15. The minimum absolute atomic E-state index is 0.161. The molecule has 1 fully saturated rings. The average Bonchev–Trinajstić information content (AvgIpc) is 2.76. The van der Waals surface area contributed by atoms with Gasteiger partial charge in [0.05, 0.1) is 18.2 Å². The Kier molecular flexibility index (Phi) is 4.20. The molecule has 1 N–H and O–H groups in total. The molecular weight excluding hydrogens is 258 g/mol. The Hall–Kier alpha value is -2.55. The Bertz CT molecular complexity index is 565. The molecule has 1 atom stereocenters. The standard InChI is InChI=1S/C14H15N3O3/c1-17-9-12(20-14(17)19)5-6-13(18)16-11-4-2-3-10(7-11)8-15/h2-4,7,12H,5-6,9H2,1H3,(H,16,18). The van der Waals surface area contributed by atoms with Crippen molar-refractivity contribution < 1.29 is 14.3 Å². The van der Waals surface area contributed by atoms with Gasteiger partial charge >= 0.3 is 6.09 Å². The second-order valence-electron chi connectivity index (χ2n) is 4.67. The van der Waals surface area contributed by atoms with Crippen molar-refractivity contribution >= 4 is 17.7 Å². The molecule has 0 bridgehead atoms. The Balaban J connectivity index is 1.81. The Morgan fingerprint density at radius 2 is 2.40 bits per heavy atom. The first-order valence-corrected chi connectivity index (χ1v) is 6.30. The lowest BCUT2D eigenvalue weighted by Crippen LogP contribution is -2.20. The van der Waals surface area contributed by atoms with Crippen molar-refractivity contribution in [3.05, 3.63) is 29.8 Å². The molecule has 0 radical (unpaired) electrons. The fourth-order valence-corrected chi connectivity index (χ4v) is 1.98. The third-order valence-corrected chi connectivity index (χ3v) is 3.03. The van der Waals surface area contributed by atoms with E-state index < -0.39 is 0 Å². The van der Waals surface area contributed by atoms with Crippen molar-refractivity contribution in [2.45, 2.75) is 18.9 Å². The lowest BCUT2D eigenvalue weighted by molar-refractivity contribution is -0.116. The molecule has 1 heterocycles. The number of anilines is 1. The lowest BCUT2D eigenvalue weighted by atomic mass is 10.1. The van der Waals surface area contributed by atoms with Crippen LogP contribution < -0.4 is 5.32 Å². The Labute approximate surface area is 116 Å². The number of carbonyl (C=O) groups is 2. The summed E-state index contributed by atoms with van der Waals surface area (Å²) in [5.41, 5.74) is 1.09. The summed E-state index contributed by atoms with van der Waals surface area (Å²) in [7, 11) is 1.66. The van der Waals surface area contributed by atoms with Crippen molar-refractivity contribution in [1.29, 1.82) is 5.26 Å². The van der Waals surface area contributed by atoms with Gasteiger partial charge in [0.15, 0.2) is 0 Å². The molecule has 2 rings (SSSR count). The van der Waals surface area contributed by atoms with E-state index in [1.54, 1.807) is 31.3 Å². The van der Waals surface area contributed by atoms with E-state index in [1.807, 2.05) is 6.07 Å². The lowest BCUT2D eigenvalue weighted by Gasteiger charge is -2.08. The number of hydrogen-bond donors (Lipinski definition) is 1. The second kappa shape index (κ2) is 6.06. The minimum Gasteiger partial charge on any atom is -0.444 e. The third kappa shape index (κ3) is 3.48. The predicted molar refractivity (Wildman–Crippen MR) is 71.9 cm³/mol. The molecule has 1 aliphatic heterocycles. The number of likely N-dealkylation sites (N-methyl/N-ethyl adjacent to an activating group) is 1. The maximum absolute atomic E-state index is 11.8. The molecule has 1 aromatic carbocycles. The molecule has 0 saturated carbocycles. The monoisotopic (exact) mass is 273 g/mol. The number of benzene rings is 1. The zero-order valence-corrected chi connectivity index (χ0v) is 11.1. The minimum atomic E-state index is -0.350. The van der Waals surface area contributed by atoms with Crippen molar-refractivity contribution in [2.24, 2.45) is 0 Å². The first-order valence-electron chi connectivity index (χ1n) is 6.30. The van der Waals surface area contributed by atoms with Gasteiger partial charge in [-0.05, 0) is 24.6 Å². The van der Waals surface area contributed by atoms with Crippen LogP contribution in [0, 0.1) is 11.3 Å². The number of cyclic esters (lactones) is 1. The molecule has 0 aromatic heterocycles. The molecule has 1 saturated heterocycles. The van der Waals surface area contributed by atoms with Gasteiger partial charge in [-0.1, -0.05) is 6.07 Å². The SMILES string of the molecule is CN1CC(CCC(=O)Nc2cccc(C#N)c2)OC1=O. The number of nitrogens with zero attached hydrogens (tertiary/aromatic N) is 2. The van der Waals surface area contributed by atoms with Gasteiger partial charge in [-0.3, -0.25) is 4.79 Å². The van der Waals surface area contributed by atoms with Crippen LogP contribution in [0.15, 0.2) is 24.3 Å². The summed E-state index contributed by atoms with van der Waals surface area (Å²) in [5.74, 6) is -0.161. The van der Waals surface area contributed by atoms with Crippen molar-refractivity contribution in [3.63, 3.8) is 0 Å². The molecule has 1 aromatic rings. The molecular formula is C14H15N3O3. The summed E-state index contributed by atoms with van der Waals surface area (Å²) in [6.45, 7) is 0.510. The van der Waals surface area contributed by atoms with E-state index in [4.69, 9.17) is 10.00 Å². The van der Waals surface area contributed by atoms with Gasteiger partial charge in [0.1, 0.15) is 6.10 Å². The summed E-state index contributed by atoms with van der Waals surface area (Å²) >= 11 is 0. The Morgan fingerprint density at radius 1 is 1.60 bits per heavy atom. The predicted octanol–water partition coefficient (Wildman–Crippen LogP) is 1.73. The number of ether oxygens (including phenoxy) is 1. The smallest absolute Gasteiger partial charge is 0.409 e. The number of rotatable bonds is 4. The zero-order chi connectivity index (χ0) is 14.5. The van der Waals surface area contributed by atoms with Crippen LogP contribution in [-0.2, 0) is 9.53 Å². The van der Waals surface area contributed by atoms with Gasteiger partial charge in [0.2, 0.25) is 5.91 Å². The van der Waals surface area contributed by atoms with E-state index in [-0.39, 0.29) is 24.5 Å². The number of nitriles is 1. The molecule has 0 spiro atoms. The molecule has 6 heteroatoms. The zero-order valence-electron chi connectivity index (χ0n) is 11.1. The van der Waals surface area contributed by atoms with Crippen LogP contribution in [0.5, 0.6) is 0 Å². The molecule has 1 aliphatic rings. The molecule has 2 amide bonds. The van der Waals surface area contributed by atoms with Crippen LogP contribution in [-0.4, -0.2) is 36.6 Å². The molecule has 1 unspecified atom stereocenters. The van der Waals surface area contributed by atoms with Crippen LogP contribution in [0.1, 0.15) is 18.4 Å². The van der Waals surface area contributed by atoms with E-state index >= 15 is 0 Å². The van der Waals surface area contributed by atoms with E-state index in [0.717, 1.165) is 0 Å². The van der Waals surface area contributed by atoms with Crippen LogP contribution >= 0.6 is 0 Å². The van der Waals surface area contributed by atoms with Crippen LogP contribution in [0.4, 0.5) is 10.5 Å². The number of nitrogens with one attached hydrogen (secondary N) is 1. The molecule has 104 valence electrons. The Morgan fingerprint density at radius 3 is 3.05 bits per heavy atom. The summed E-state index contributed by atoms with van der Waals surface area (Å²) < 4.78 is 5.07. The quantitative estimate of drug-likeness (QED) is 0.905. The van der Waals surface area contributed by atoms with Gasteiger partial charge in [-0.25, -0.2) is 4.79 Å². The first-order chi connectivity index (χ1) is 9.58. The van der Waals surface area contributed by atoms with Gasteiger partial charge in [-0.15, -0.1) is 0 Å². The van der Waals surface area contributed by atoms with Gasteiger partial charge < -0.3 is 15.0 Å². The normalized spacial score (nSPS) is 17.5. The summed E-state index contributed by atoms with van der Waals surface area (Å²) in [4.78, 5) is 24.4. The third-order valence-electron chi connectivity index (χ3n) is 3.03. The van der Waals surface area contributed by atoms with Gasteiger partial charge in [0.25, 0.3) is 0 Å². The van der Waals surface area contributed by atoms with Gasteiger partial charge in [-0.2, -0.15) is 5.26 Å². The van der Waals surface area contributed by atoms with Crippen molar-refractivity contribution in [2.75, 3.05) is 18.9 Å². The van der Waals surface area contributed by atoms with E-state index in [2.05, 4.69) is 5.32 Å². The molecule has 6 nitrogen and oxygen atoms in total. The fourth-order valence-electron chi connectivity index (χ4n) is 1.98. The fraction of sp³-hybridized carbons (Fsp3) is 0.357. The number of carbonyl (C=O) groups excluding carboxylic acids is 2. The van der Waals surface area contributed by atoms with Crippen molar-refractivity contribution in [3.8, 4) is 6.07 Å². The van der Waals surface area contributed by atoms with Crippen molar-refractivity contribution in [1.82, 2.24) is 4.90 Å². The molecule has 0 aliphatic carbocycles. The van der Waals surface area contributed by atoms with E-state index in [1.165, 1.54) is 4.90 Å².